The highest BCUT2D eigenvalue weighted by atomic mass is 16.3. The molecule has 0 saturated carbocycles. The van der Waals surface area contributed by atoms with Crippen LogP contribution in [0.2, 0.25) is 0 Å². The van der Waals surface area contributed by atoms with Gasteiger partial charge >= 0.3 is 0 Å². The Balaban J connectivity index is 3.87. The number of hydrogen-bond donors (Lipinski definition) is 1. The van der Waals surface area contributed by atoms with Crippen molar-refractivity contribution in [1.29, 1.82) is 0 Å². The quantitative estimate of drug-likeness (QED) is 0.642. The molecule has 0 spiro atoms. The van der Waals surface area contributed by atoms with Crippen molar-refractivity contribution in [2.45, 2.75) is 52.6 Å². The SMILES string of the molecule is C=C[C@](C)(O)CC/C=C(\C)CC(C)C. The number of aliphatic hydroxyl groups is 1. The molecule has 1 N–H and O–H groups in total. The van der Waals surface area contributed by atoms with E-state index in [0.29, 0.717) is 5.92 Å². The Labute approximate surface area is 88.5 Å². The van der Waals surface area contributed by atoms with Gasteiger partial charge < -0.3 is 5.11 Å². The third-order valence-electron chi connectivity index (χ3n) is 2.31. The lowest BCUT2D eigenvalue weighted by molar-refractivity contribution is 0.103. The standard InChI is InChI=1S/C13H24O/c1-6-13(5,14)9-7-8-12(4)10-11(2)3/h6,8,11,14H,1,7,9-10H2,2-5H3/b12-8+/t13-/m0/s1. The molecule has 82 valence electrons. The third kappa shape index (κ3) is 6.90. The molecule has 0 aliphatic carbocycles. The van der Waals surface area contributed by atoms with Gasteiger partial charge in [0.05, 0.1) is 5.60 Å². The van der Waals surface area contributed by atoms with Crippen molar-refractivity contribution in [3.05, 3.63) is 24.3 Å². The molecule has 0 aliphatic heterocycles. The zero-order valence-electron chi connectivity index (χ0n) is 10.0. The van der Waals surface area contributed by atoms with Crippen molar-refractivity contribution in [1.82, 2.24) is 0 Å². The Morgan fingerprint density at radius 3 is 2.50 bits per heavy atom. The van der Waals surface area contributed by atoms with Crippen LogP contribution in [0.15, 0.2) is 24.3 Å². The second kappa shape index (κ2) is 6.02. The molecule has 0 bridgehead atoms. The number of rotatable bonds is 6. The Kier molecular flexibility index (Phi) is 5.78. The molecule has 0 aromatic heterocycles. The van der Waals surface area contributed by atoms with Crippen LogP contribution in [0.4, 0.5) is 0 Å². The number of hydrogen-bond acceptors (Lipinski definition) is 1. The summed E-state index contributed by atoms with van der Waals surface area (Å²) in [4.78, 5) is 0. The lowest BCUT2D eigenvalue weighted by atomic mass is 9.98. The maximum atomic E-state index is 9.67. The molecule has 0 amide bonds. The summed E-state index contributed by atoms with van der Waals surface area (Å²) in [6, 6.07) is 0. The van der Waals surface area contributed by atoms with Crippen molar-refractivity contribution < 1.29 is 5.11 Å². The summed E-state index contributed by atoms with van der Waals surface area (Å²) < 4.78 is 0. The smallest absolute Gasteiger partial charge is 0.0800 e. The van der Waals surface area contributed by atoms with Gasteiger partial charge in [0.2, 0.25) is 0 Å². The van der Waals surface area contributed by atoms with Gasteiger partial charge in [-0.1, -0.05) is 31.6 Å². The van der Waals surface area contributed by atoms with Gasteiger partial charge in [-0.05, 0) is 39.0 Å². The average molecular weight is 196 g/mol. The van der Waals surface area contributed by atoms with Crippen LogP contribution in [0, 0.1) is 5.92 Å². The lowest BCUT2D eigenvalue weighted by Gasteiger charge is -2.17. The molecule has 0 unspecified atom stereocenters. The van der Waals surface area contributed by atoms with E-state index in [9.17, 15) is 5.11 Å². The normalized spacial score (nSPS) is 16.9. The van der Waals surface area contributed by atoms with Crippen molar-refractivity contribution in [2.24, 2.45) is 5.92 Å². The van der Waals surface area contributed by atoms with Crippen LogP contribution in [-0.2, 0) is 0 Å². The van der Waals surface area contributed by atoms with Gasteiger partial charge in [0, 0.05) is 0 Å². The Morgan fingerprint density at radius 2 is 2.07 bits per heavy atom. The fourth-order valence-electron chi connectivity index (χ4n) is 1.44. The maximum Gasteiger partial charge on any atom is 0.0800 e. The van der Waals surface area contributed by atoms with Crippen LogP contribution >= 0.6 is 0 Å². The summed E-state index contributed by atoms with van der Waals surface area (Å²) in [5, 5.41) is 9.67. The maximum absolute atomic E-state index is 9.67. The van der Waals surface area contributed by atoms with Gasteiger partial charge in [0.25, 0.3) is 0 Å². The second-order valence-corrected chi connectivity index (χ2v) is 4.75. The van der Waals surface area contributed by atoms with Crippen LogP contribution in [0.3, 0.4) is 0 Å². The first-order valence-corrected chi connectivity index (χ1v) is 5.39. The van der Waals surface area contributed by atoms with E-state index in [-0.39, 0.29) is 0 Å². The fraction of sp³-hybridized carbons (Fsp3) is 0.692. The molecular weight excluding hydrogens is 172 g/mol. The van der Waals surface area contributed by atoms with Crippen molar-refractivity contribution in [3.8, 4) is 0 Å². The molecule has 0 aliphatic rings. The van der Waals surface area contributed by atoms with E-state index in [4.69, 9.17) is 0 Å². The predicted octanol–water partition coefficient (Wildman–Crippen LogP) is 3.70. The van der Waals surface area contributed by atoms with E-state index in [1.807, 2.05) is 0 Å². The summed E-state index contributed by atoms with van der Waals surface area (Å²) in [7, 11) is 0. The largest absolute Gasteiger partial charge is 0.386 e. The molecule has 0 saturated heterocycles. The van der Waals surface area contributed by atoms with Crippen LogP contribution in [0.1, 0.15) is 47.0 Å². The van der Waals surface area contributed by atoms with Gasteiger partial charge in [-0.25, -0.2) is 0 Å². The minimum atomic E-state index is -0.714. The van der Waals surface area contributed by atoms with Gasteiger partial charge in [0.1, 0.15) is 0 Å². The molecular formula is C13H24O. The number of allylic oxidation sites excluding steroid dienone is 2. The van der Waals surface area contributed by atoms with Crippen LogP contribution < -0.4 is 0 Å². The van der Waals surface area contributed by atoms with Crippen LogP contribution in [0.25, 0.3) is 0 Å². The molecule has 0 aromatic rings. The highest BCUT2D eigenvalue weighted by Gasteiger charge is 2.13. The fourth-order valence-corrected chi connectivity index (χ4v) is 1.44. The average Bonchev–Trinajstić information content (AvgIpc) is 2.02. The van der Waals surface area contributed by atoms with E-state index < -0.39 is 5.60 Å². The Morgan fingerprint density at radius 1 is 1.50 bits per heavy atom. The van der Waals surface area contributed by atoms with Crippen molar-refractivity contribution >= 4 is 0 Å². The molecule has 0 fully saturated rings. The summed E-state index contributed by atoms with van der Waals surface area (Å²) >= 11 is 0. The lowest BCUT2D eigenvalue weighted by Crippen LogP contribution is -2.19. The molecule has 1 heteroatoms. The van der Waals surface area contributed by atoms with Gasteiger partial charge in [-0.15, -0.1) is 6.58 Å². The zero-order valence-corrected chi connectivity index (χ0v) is 10.0. The van der Waals surface area contributed by atoms with Gasteiger partial charge in [0.15, 0.2) is 0 Å². The van der Waals surface area contributed by atoms with Crippen molar-refractivity contribution in [2.75, 3.05) is 0 Å². The van der Waals surface area contributed by atoms with Gasteiger partial charge in [-0.3, -0.25) is 0 Å². The highest BCUT2D eigenvalue weighted by Crippen LogP contribution is 2.16. The molecule has 0 aromatic carbocycles. The van der Waals surface area contributed by atoms with E-state index in [1.54, 1.807) is 13.0 Å². The molecule has 14 heavy (non-hydrogen) atoms. The minimum Gasteiger partial charge on any atom is -0.386 e. The topological polar surface area (TPSA) is 20.2 Å². The zero-order chi connectivity index (χ0) is 11.2. The summed E-state index contributed by atoms with van der Waals surface area (Å²) in [6.07, 6.45) is 6.66. The molecule has 0 rings (SSSR count). The minimum absolute atomic E-state index is 0.714. The second-order valence-electron chi connectivity index (χ2n) is 4.75. The highest BCUT2D eigenvalue weighted by molar-refractivity contribution is 5.01. The molecule has 1 atom stereocenters. The first-order chi connectivity index (χ1) is 6.37. The monoisotopic (exact) mass is 196 g/mol. The predicted molar refractivity (Wildman–Crippen MR) is 63.3 cm³/mol. The van der Waals surface area contributed by atoms with Crippen molar-refractivity contribution in [3.63, 3.8) is 0 Å². The molecule has 0 heterocycles. The third-order valence-corrected chi connectivity index (χ3v) is 2.31. The van der Waals surface area contributed by atoms with Gasteiger partial charge in [-0.2, -0.15) is 0 Å². The van der Waals surface area contributed by atoms with E-state index >= 15 is 0 Å². The summed E-state index contributed by atoms with van der Waals surface area (Å²) in [5.74, 6) is 0.714. The van der Waals surface area contributed by atoms with E-state index in [1.165, 1.54) is 5.57 Å². The van der Waals surface area contributed by atoms with Crippen LogP contribution in [0.5, 0.6) is 0 Å². The Hall–Kier alpha value is -0.560. The van der Waals surface area contributed by atoms with Crippen LogP contribution in [-0.4, -0.2) is 10.7 Å². The van der Waals surface area contributed by atoms with E-state index in [2.05, 4.69) is 33.4 Å². The van der Waals surface area contributed by atoms with E-state index in [0.717, 1.165) is 19.3 Å². The molecule has 0 radical (unpaired) electrons. The Bertz CT molecular complexity index is 199. The molecule has 1 nitrogen and oxygen atoms in total. The first-order valence-electron chi connectivity index (χ1n) is 5.39. The summed E-state index contributed by atoms with van der Waals surface area (Å²) in [6.45, 7) is 12.0. The first kappa shape index (κ1) is 13.4. The summed E-state index contributed by atoms with van der Waals surface area (Å²) in [5.41, 5.74) is 0.703.